The van der Waals surface area contributed by atoms with Gasteiger partial charge in [-0.3, -0.25) is 29.7 Å². The van der Waals surface area contributed by atoms with Crippen molar-refractivity contribution >= 4 is 35.0 Å². The van der Waals surface area contributed by atoms with Gasteiger partial charge in [0.05, 0.1) is 36.3 Å². The zero-order valence-electron chi connectivity index (χ0n) is 36.1. The zero-order chi connectivity index (χ0) is 44.6. The molecule has 15 nitrogen and oxygen atoms in total. The molecule has 16 heteroatoms. The quantitative estimate of drug-likeness (QED) is 0.132. The molecule has 3 aliphatic rings. The van der Waals surface area contributed by atoms with E-state index in [0.29, 0.717) is 73.3 Å². The Kier molecular flexibility index (Phi) is 11.4. The maximum absolute atomic E-state index is 15.5. The number of pyridine rings is 2. The molecule has 1 N–H and O–H groups in total. The Hall–Kier alpha value is -7.36. The standard InChI is InChI=1S/C48H48FN9O6/c1-5-35-37(16-20-51-44(35)57-24-23-56(48(57)62)34-7-6-19-50-28-34)38-11-10-33(58-46(63-4)53-54(3)47(58)61)27-42(38)64-41-14-9-31(25-29(41)2)30-17-21-55(22-18-30)40-13-8-32(26-39(40)49)36-12-15-43(59)52-45(36)60/h6-11,13-14,16,19-20,25-28,30,36H,5,12,15,17-18,21-24H2,1-4H3,(H,52,59,60). The lowest BCUT2D eigenvalue weighted by Crippen LogP contribution is -2.39. The van der Waals surface area contributed by atoms with Crippen molar-refractivity contribution in [2.75, 3.05) is 48.0 Å². The van der Waals surface area contributed by atoms with Crippen LogP contribution < -0.4 is 35.2 Å². The number of hydrogen-bond donors (Lipinski definition) is 1. The van der Waals surface area contributed by atoms with Gasteiger partial charge < -0.3 is 14.4 Å². The van der Waals surface area contributed by atoms with E-state index in [4.69, 9.17) is 14.5 Å². The second-order valence-corrected chi connectivity index (χ2v) is 16.3. The normalized spacial score (nSPS) is 17.0. The number of urea groups is 1. The van der Waals surface area contributed by atoms with Crippen LogP contribution in [-0.4, -0.2) is 75.4 Å². The van der Waals surface area contributed by atoms with Gasteiger partial charge >= 0.3 is 17.7 Å². The molecule has 4 amide bonds. The van der Waals surface area contributed by atoms with E-state index in [-0.39, 0.29) is 47.7 Å². The number of halogens is 1. The fourth-order valence-electron chi connectivity index (χ4n) is 9.17. The summed E-state index contributed by atoms with van der Waals surface area (Å²) in [5.74, 6) is 0.304. The molecule has 3 aromatic heterocycles. The van der Waals surface area contributed by atoms with Gasteiger partial charge in [0.15, 0.2) is 0 Å². The molecule has 3 aliphatic heterocycles. The van der Waals surface area contributed by atoms with E-state index in [9.17, 15) is 19.2 Å². The third kappa shape index (κ3) is 7.84. The van der Waals surface area contributed by atoms with Crippen molar-refractivity contribution in [3.8, 4) is 34.3 Å². The molecule has 1 atom stereocenters. The fraction of sp³-hybridized carbons (Fsp3) is 0.312. The first kappa shape index (κ1) is 42.0. The van der Waals surface area contributed by atoms with Crippen LogP contribution in [0.4, 0.5) is 26.4 Å². The average Bonchev–Trinajstić information content (AvgIpc) is 3.83. The highest BCUT2D eigenvalue weighted by atomic mass is 19.1. The molecule has 3 saturated heterocycles. The summed E-state index contributed by atoms with van der Waals surface area (Å²) in [5.41, 5.74) is 6.39. The Labute approximate surface area is 369 Å². The zero-order valence-corrected chi connectivity index (χ0v) is 36.1. The lowest BCUT2D eigenvalue weighted by molar-refractivity contribution is -0.134. The molecule has 0 saturated carbocycles. The van der Waals surface area contributed by atoms with Gasteiger partial charge in [0.25, 0.3) is 0 Å². The molecule has 0 bridgehead atoms. The summed E-state index contributed by atoms with van der Waals surface area (Å²) in [4.78, 5) is 65.6. The van der Waals surface area contributed by atoms with Crippen LogP contribution in [0, 0.1) is 12.7 Å². The summed E-state index contributed by atoms with van der Waals surface area (Å²) in [6.07, 6.45) is 7.85. The number of rotatable bonds is 11. The van der Waals surface area contributed by atoms with E-state index in [1.807, 2.05) is 49.1 Å². The number of benzene rings is 3. The number of ether oxygens (including phenoxy) is 2. The van der Waals surface area contributed by atoms with Crippen LogP contribution in [0.1, 0.15) is 66.7 Å². The van der Waals surface area contributed by atoms with Crippen molar-refractivity contribution in [1.82, 2.24) is 29.6 Å². The maximum atomic E-state index is 15.5. The summed E-state index contributed by atoms with van der Waals surface area (Å²) in [6, 6.07) is 22.2. The van der Waals surface area contributed by atoms with Gasteiger partial charge in [0.2, 0.25) is 11.8 Å². The molecule has 9 rings (SSSR count). The number of piperidine rings is 2. The van der Waals surface area contributed by atoms with Crippen molar-refractivity contribution in [1.29, 1.82) is 0 Å². The number of aromatic nitrogens is 5. The Morgan fingerprint density at radius 1 is 0.828 bits per heavy atom. The first-order chi connectivity index (χ1) is 31.0. The van der Waals surface area contributed by atoms with Gasteiger partial charge in [-0.15, -0.1) is 5.10 Å². The highest BCUT2D eigenvalue weighted by Gasteiger charge is 2.34. The van der Waals surface area contributed by atoms with Crippen LogP contribution in [0.25, 0.3) is 16.8 Å². The minimum absolute atomic E-state index is 0.121. The molecule has 0 aliphatic carbocycles. The second-order valence-electron chi connectivity index (χ2n) is 16.3. The summed E-state index contributed by atoms with van der Waals surface area (Å²) in [5, 5.41) is 6.60. The minimum Gasteiger partial charge on any atom is -0.467 e. The van der Waals surface area contributed by atoms with Gasteiger partial charge in [-0.05, 0) is 109 Å². The molecule has 3 aromatic carbocycles. The molecule has 3 fully saturated rings. The Bertz CT molecular complexity index is 2840. The van der Waals surface area contributed by atoms with Crippen LogP contribution in [0.15, 0.2) is 96.2 Å². The number of carbonyl (C=O) groups excluding carboxylic acids is 3. The highest BCUT2D eigenvalue weighted by molar-refractivity contribution is 6.06. The van der Waals surface area contributed by atoms with E-state index in [2.05, 4.69) is 27.5 Å². The van der Waals surface area contributed by atoms with Crippen LogP contribution in [0.5, 0.6) is 17.5 Å². The first-order valence-electron chi connectivity index (χ1n) is 21.5. The topological polar surface area (TPSA) is 157 Å². The van der Waals surface area contributed by atoms with Crippen LogP contribution in [0.3, 0.4) is 0 Å². The lowest BCUT2D eigenvalue weighted by atomic mass is 9.88. The second kappa shape index (κ2) is 17.4. The molecule has 1 unspecified atom stereocenters. The average molecular weight is 866 g/mol. The molecule has 0 radical (unpaired) electrons. The summed E-state index contributed by atoms with van der Waals surface area (Å²) in [6.45, 7) is 6.27. The molecule has 6 aromatic rings. The van der Waals surface area contributed by atoms with Crippen molar-refractivity contribution < 1.29 is 28.2 Å². The fourth-order valence-corrected chi connectivity index (χ4v) is 9.17. The smallest absolute Gasteiger partial charge is 0.353 e. The lowest BCUT2D eigenvalue weighted by Gasteiger charge is -2.34. The van der Waals surface area contributed by atoms with E-state index < -0.39 is 5.92 Å². The van der Waals surface area contributed by atoms with Gasteiger partial charge in [-0.1, -0.05) is 25.1 Å². The van der Waals surface area contributed by atoms with E-state index in [1.54, 1.807) is 59.7 Å². The number of nitrogens with zero attached hydrogens (tertiary/aromatic N) is 8. The number of nitrogens with one attached hydrogen (secondary N) is 1. The number of anilines is 3. The largest absolute Gasteiger partial charge is 0.467 e. The van der Waals surface area contributed by atoms with Gasteiger partial charge in [0, 0.05) is 69.2 Å². The van der Waals surface area contributed by atoms with Gasteiger partial charge in [0.1, 0.15) is 23.1 Å². The number of aryl methyl sites for hydroxylation is 2. The Balaban J connectivity index is 0.985. The molecule has 328 valence electrons. The van der Waals surface area contributed by atoms with Gasteiger partial charge in [-0.25, -0.2) is 28.2 Å². The molecule has 64 heavy (non-hydrogen) atoms. The van der Waals surface area contributed by atoms with Crippen molar-refractivity contribution in [3.63, 3.8) is 0 Å². The number of hydrogen-bond acceptors (Lipinski definition) is 10. The first-order valence-corrected chi connectivity index (χ1v) is 21.5. The molecular weight excluding hydrogens is 818 g/mol. The molecule has 0 spiro atoms. The predicted octanol–water partition coefficient (Wildman–Crippen LogP) is 7.19. The highest BCUT2D eigenvalue weighted by Crippen LogP contribution is 2.42. The number of imide groups is 1. The van der Waals surface area contributed by atoms with Crippen LogP contribution in [0.2, 0.25) is 0 Å². The van der Waals surface area contributed by atoms with Crippen molar-refractivity contribution in [2.24, 2.45) is 7.05 Å². The number of amides is 4. The maximum Gasteiger partial charge on any atom is 0.353 e. The minimum atomic E-state index is -0.540. The summed E-state index contributed by atoms with van der Waals surface area (Å²) >= 11 is 0. The third-order valence-corrected chi connectivity index (χ3v) is 12.5. The molecule has 6 heterocycles. The summed E-state index contributed by atoms with van der Waals surface area (Å²) in [7, 11) is 3.02. The van der Waals surface area contributed by atoms with E-state index in [0.717, 1.165) is 46.3 Å². The number of methoxy groups -OCH3 is 1. The Morgan fingerprint density at radius 3 is 2.34 bits per heavy atom. The predicted molar refractivity (Wildman–Crippen MR) is 239 cm³/mol. The SMILES string of the molecule is CCc1c(-c2ccc(-n3c(OC)nn(C)c3=O)cc2Oc2ccc(C3CCN(c4ccc(C5CCC(=O)NC5=O)cc4F)CC3)cc2C)ccnc1N1CCN(c2cccnc2)C1=O. The van der Waals surface area contributed by atoms with Gasteiger partial charge in [-0.2, -0.15) is 0 Å². The van der Waals surface area contributed by atoms with Crippen LogP contribution in [-0.2, 0) is 23.1 Å². The third-order valence-electron chi connectivity index (χ3n) is 12.5. The Morgan fingerprint density at radius 2 is 1.62 bits per heavy atom. The molecular formula is C48H48FN9O6. The van der Waals surface area contributed by atoms with Crippen LogP contribution >= 0.6 is 0 Å². The van der Waals surface area contributed by atoms with Crippen molar-refractivity contribution in [2.45, 2.75) is 57.8 Å². The van der Waals surface area contributed by atoms with Crippen molar-refractivity contribution in [3.05, 3.63) is 130 Å². The monoisotopic (exact) mass is 865 g/mol. The van der Waals surface area contributed by atoms with E-state index in [1.165, 1.54) is 22.4 Å². The van der Waals surface area contributed by atoms with E-state index >= 15 is 4.39 Å². The summed E-state index contributed by atoms with van der Waals surface area (Å²) < 4.78 is 30.4. The number of carbonyl (C=O) groups is 3.